The Kier molecular flexibility index (Phi) is 5.98. The first-order chi connectivity index (χ1) is 13.9. The molecule has 2 aromatic carbocycles. The van der Waals surface area contributed by atoms with Crippen molar-refractivity contribution in [3.05, 3.63) is 77.6 Å². The second-order valence-corrected chi connectivity index (χ2v) is 6.27. The summed E-state index contributed by atoms with van der Waals surface area (Å²) in [4.78, 5) is 35.5. The molecule has 3 aromatic rings. The van der Waals surface area contributed by atoms with Gasteiger partial charge in [-0.15, -0.1) is 5.10 Å². The van der Waals surface area contributed by atoms with Crippen LogP contribution in [-0.4, -0.2) is 38.9 Å². The number of hydrogen-bond acceptors (Lipinski definition) is 6. The molecule has 0 aliphatic heterocycles. The van der Waals surface area contributed by atoms with Crippen LogP contribution in [0.15, 0.2) is 60.8 Å². The van der Waals surface area contributed by atoms with Crippen LogP contribution in [0.3, 0.4) is 0 Å². The summed E-state index contributed by atoms with van der Waals surface area (Å²) in [5, 5.41) is 10.3. The molecule has 0 saturated heterocycles. The number of benzene rings is 2. The number of hydrogen-bond donors (Lipinski definition) is 2. The van der Waals surface area contributed by atoms with Gasteiger partial charge in [-0.3, -0.25) is 9.59 Å². The molecular formula is C20H19N5O4. The topological polar surface area (TPSA) is 129 Å². The van der Waals surface area contributed by atoms with Gasteiger partial charge in [0.1, 0.15) is 0 Å². The average molecular weight is 393 g/mol. The second-order valence-electron chi connectivity index (χ2n) is 6.27. The number of nitrogens with zero attached hydrogens (tertiary/aromatic N) is 3. The molecule has 3 rings (SSSR count). The van der Waals surface area contributed by atoms with Crippen molar-refractivity contribution in [1.82, 2.24) is 15.0 Å². The van der Waals surface area contributed by atoms with E-state index in [2.05, 4.69) is 15.6 Å². The summed E-state index contributed by atoms with van der Waals surface area (Å²) < 4.78 is 6.67. The van der Waals surface area contributed by atoms with Crippen molar-refractivity contribution < 1.29 is 19.1 Å². The van der Waals surface area contributed by atoms with Gasteiger partial charge < -0.3 is 15.8 Å². The van der Waals surface area contributed by atoms with E-state index in [1.54, 1.807) is 0 Å². The van der Waals surface area contributed by atoms with Crippen LogP contribution in [0.2, 0.25) is 0 Å². The van der Waals surface area contributed by atoms with Crippen LogP contribution in [0.4, 0.5) is 5.69 Å². The maximum absolute atomic E-state index is 12.2. The molecule has 0 fully saturated rings. The number of esters is 1. The quantitative estimate of drug-likeness (QED) is 0.587. The standard InChI is InChI=1S/C20H19N5O4/c1-13(19(27)22-16-9-7-15(8-10-16)18(21)26)29-20(28)17-12-25(24-23-17)11-14-5-3-2-4-6-14/h2-10,12-13H,11H2,1H3,(H2,21,26)(H,22,27). The summed E-state index contributed by atoms with van der Waals surface area (Å²) >= 11 is 0. The van der Waals surface area contributed by atoms with Crippen LogP contribution in [0, 0.1) is 0 Å². The summed E-state index contributed by atoms with van der Waals surface area (Å²) in [6, 6.07) is 15.6. The first kappa shape index (κ1) is 19.7. The summed E-state index contributed by atoms with van der Waals surface area (Å²) in [5.41, 5.74) is 6.95. The molecular weight excluding hydrogens is 374 g/mol. The first-order valence-electron chi connectivity index (χ1n) is 8.78. The fraction of sp³-hybridized carbons (Fsp3) is 0.150. The van der Waals surface area contributed by atoms with Crippen molar-refractivity contribution in [2.45, 2.75) is 19.6 Å². The van der Waals surface area contributed by atoms with E-state index < -0.39 is 23.9 Å². The third-order valence-electron chi connectivity index (χ3n) is 4.03. The number of anilines is 1. The molecule has 1 atom stereocenters. The highest BCUT2D eigenvalue weighted by Crippen LogP contribution is 2.11. The summed E-state index contributed by atoms with van der Waals surface area (Å²) in [7, 11) is 0. The minimum absolute atomic E-state index is 0.00592. The number of nitrogens with two attached hydrogens (primary N) is 1. The Morgan fingerprint density at radius 2 is 1.79 bits per heavy atom. The normalized spacial score (nSPS) is 11.5. The number of rotatable bonds is 7. The SMILES string of the molecule is CC(OC(=O)c1cn(Cc2ccccc2)nn1)C(=O)Nc1ccc(C(N)=O)cc1. The molecule has 29 heavy (non-hydrogen) atoms. The Labute approximate surface area is 166 Å². The molecule has 0 radical (unpaired) electrons. The Bertz CT molecular complexity index is 1010. The monoisotopic (exact) mass is 393 g/mol. The third-order valence-corrected chi connectivity index (χ3v) is 4.03. The molecule has 0 saturated carbocycles. The van der Waals surface area contributed by atoms with E-state index in [4.69, 9.17) is 10.5 Å². The molecule has 0 aliphatic rings. The van der Waals surface area contributed by atoms with E-state index in [-0.39, 0.29) is 5.69 Å². The van der Waals surface area contributed by atoms with Crippen molar-refractivity contribution in [3.63, 3.8) is 0 Å². The number of carbonyl (C=O) groups is 3. The van der Waals surface area contributed by atoms with Crippen LogP contribution in [-0.2, 0) is 16.1 Å². The van der Waals surface area contributed by atoms with Crippen LogP contribution in [0.1, 0.15) is 33.3 Å². The molecule has 1 heterocycles. The fourth-order valence-corrected chi connectivity index (χ4v) is 2.48. The van der Waals surface area contributed by atoms with E-state index in [9.17, 15) is 14.4 Å². The molecule has 9 heteroatoms. The molecule has 0 spiro atoms. The molecule has 0 aliphatic carbocycles. The lowest BCUT2D eigenvalue weighted by molar-refractivity contribution is -0.123. The maximum atomic E-state index is 12.2. The van der Waals surface area contributed by atoms with Crippen molar-refractivity contribution in [2.75, 3.05) is 5.32 Å². The van der Waals surface area contributed by atoms with Gasteiger partial charge in [0, 0.05) is 11.3 Å². The van der Waals surface area contributed by atoms with Gasteiger partial charge in [0.2, 0.25) is 5.91 Å². The van der Waals surface area contributed by atoms with Crippen LogP contribution in [0.5, 0.6) is 0 Å². The van der Waals surface area contributed by atoms with Gasteiger partial charge in [0.05, 0.1) is 12.7 Å². The van der Waals surface area contributed by atoms with Crippen LogP contribution < -0.4 is 11.1 Å². The van der Waals surface area contributed by atoms with E-state index in [1.165, 1.54) is 42.1 Å². The number of ether oxygens (including phenoxy) is 1. The molecule has 0 bridgehead atoms. The predicted octanol–water partition coefficient (Wildman–Crippen LogP) is 1.61. The summed E-state index contributed by atoms with van der Waals surface area (Å²) in [5.74, 6) is -1.84. The highest BCUT2D eigenvalue weighted by molar-refractivity contribution is 5.97. The molecule has 3 N–H and O–H groups in total. The van der Waals surface area contributed by atoms with Crippen molar-refractivity contribution >= 4 is 23.5 Å². The van der Waals surface area contributed by atoms with Gasteiger partial charge in [0.25, 0.3) is 5.91 Å². The lowest BCUT2D eigenvalue weighted by Crippen LogP contribution is -2.30. The van der Waals surface area contributed by atoms with E-state index in [1.807, 2.05) is 30.3 Å². The smallest absolute Gasteiger partial charge is 0.361 e. The van der Waals surface area contributed by atoms with Gasteiger partial charge >= 0.3 is 5.97 Å². The van der Waals surface area contributed by atoms with Crippen LogP contribution >= 0.6 is 0 Å². The van der Waals surface area contributed by atoms with Crippen molar-refractivity contribution in [2.24, 2.45) is 5.73 Å². The van der Waals surface area contributed by atoms with Crippen molar-refractivity contribution in [1.29, 1.82) is 0 Å². The van der Waals surface area contributed by atoms with E-state index in [0.29, 0.717) is 17.8 Å². The third kappa shape index (κ3) is 5.25. The lowest BCUT2D eigenvalue weighted by atomic mass is 10.2. The van der Waals surface area contributed by atoms with Gasteiger partial charge in [-0.05, 0) is 36.8 Å². The maximum Gasteiger partial charge on any atom is 0.361 e. The molecule has 148 valence electrons. The Morgan fingerprint density at radius 1 is 1.10 bits per heavy atom. The Morgan fingerprint density at radius 3 is 2.45 bits per heavy atom. The lowest BCUT2D eigenvalue weighted by Gasteiger charge is -2.12. The molecule has 2 amide bonds. The largest absolute Gasteiger partial charge is 0.448 e. The Hall–Kier alpha value is -4.01. The van der Waals surface area contributed by atoms with Crippen molar-refractivity contribution in [3.8, 4) is 0 Å². The highest BCUT2D eigenvalue weighted by Gasteiger charge is 2.21. The molecule has 1 aromatic heterocycles. The Balaban J connectivity index is 1.55. The number of carbonyl (C=O) groups excluding carboxylic acids is 3. The highest BCUT2D eigenvalue weighted by atomic mass is 16.5. The van der Waals surface area contributed by atoms with E-state index >= 15 is 0 Å². The average Bonchev–Trinajstić information content (AvgIpc) is 3.17. The van der Waals surface area contributed by atoms with Gasteiger partial charge in [-0.1, -0.05) is 35.5 Å². The summed E-state index contributed by atoms with van der Waals surface area (Å²) in [6.45, 7) is 1.90. The summed E-state index contributed by atoms with van der Waals surface area (Å²) in [6.07, 6.45) is 0.403. The number of aromatic nitrogens is 3. The first-order valence-corrected chi connectivity index (χ1v) is 8.78. The van der Waals surface area contributed by atoms with Gasteiger partial charge in [-0.2, -0.15) is 0 Å². The van der Waals surface area contributed by atoms with Crippen LogP contribution in [0.25, 0.3) is 0 Å². The minimum Gasteiger partial charge on any atom is -0.448 e. The minimum atomic E-state index is -1.06. The number of primary amides is 1. The fourth-order valence-electron chi connectivity index (χ4n) is 2.48. The predicted molar refractivity (Wildman–Crippen MR) is 104 cm³/mol. The number of amides is 2. The zero-order chi connectivity index (χ0) is 20.8. The zero-order valence-corrected chi connectivity index (χ0v) is 15.6. The van der Waals surface area contributed by atoms with Gasteiger partial charge in [-0.25, -0.2) is 9.48 Å². The molecule has 9 nitrogen and oxygen atoms in total. The zero-order valence-electron chi connectivity index (χ0n) is 15.6. The number of nitrogens with one attached hydrogen (secondary N) is 1. The molecule has 1 unspecified atom stereocenters. The van der Waals surface area contributed by atoms with E-state index in [0.717, 1.165) is 5.56 Å². The van der Waals surface area contributed by atoms with Gasteiger partial charge in [0.15, 0.2) is 11.8 Å². The second kappa shape index (κ2) is 8.79.